The quantitative estimate of drug-likeness (QED) is 0.826. The van der Waals surface area contributed by atoms with Crippen LogP contribution in [-0.2, 0) is 4.74 Å². The predicted octanol–water partition coefficient (Wildman–Crippen LogP) is 4.41. The number of rotatable bonds is 6. The molecule has 0 radical (unpaired) electrons. The molecular formula is C16H20N2O3. The van der Waals surface area contributed by atoms with Crippen LogP contribution in [0.2, 0.25) is 0 Å². The van der Waals surface area contributed by atoms with Crippen molar-refractivity contribution in [2.45, 2.75) is 26.3 Å². The van der Waals surface area contributed by atoms with Gasteiger partial charge in [-0.2, -0.15) is 0 Å². The standard InChI is InChI=1S/C16H20N2O3/c1-3-14(15-6-5-11-21-15)17-12-7-9-13(10-8-12)18-16(19)20-4-2/h5-11,14,17H,3-4H2,1-2H3,(H,18,19). The third-order valence-electron chi connectivity index (χ3n) is 3.04. The molecule has 1 aromatic carbocycles. The summed E-state index contributed by atoms with van der Waals surface area (Å²) in [6.07, 6.45) is 2.14. The van der Waals surface area contributed by atoms with E-state index in [0.717, 1.165) is 17.9 Å². The topological polar surface area (TPSA) is 63.5 Å². The predicted molar refractivity (Wildman–Crippen MR) is 82.4 cm³/mol. The molecule has 1 aromatic heterocycles. The molecule has 112 valence electrons. The maximum Gasteiger partial charge on any atom is 0.411 e. The highest BCUT2D eigenvalue weighted by molar-refractivity contribution is 5.84. The molecule has 1 heterocycles. The minimum atomic E-state index is -0.444. The number of hydrogen-bond donors (Lipinski definition) is 2. The second-order valence-corrected chi connectivity index (χ2v) is 4.54. The van der Waals surface area contributed by atoms with Gasteiger partial charge in [-0.1, -0.05) is 6.92 Å². The SMILES string of the molecule is CCOC(=O)Nc1ccc(NC(CC)c2ccco2)cc1. The van der Waals surface area contributed by atoms with E-state index in [1.54, 1.807) is 13.2 Å². The van der Waals surface area contributed by atoms with Gasteiger partial charge in [0.05, 0.1) is 18.9 Å². The second kappa shape index (κ2) is 7.38. The number of hydrogen-bond acceptors (Lipinski definition) is 4. The van der Waals surface area contributed by atoms with E-state index in [1.165, 1.54) is 0 Å². The summed E-state index contributed by atoms with van der Waals surface area (Å²) in [5.41, 5.74) is 1.66. The largest absolute Gasteiger partial charge is 0.467 e. The Kier molecular flexibility index (Phi) is 5.26. The Hall–Kier alpha value is -2.43. The van der Waals surface area contributed by atoms with Gasteiger partial charge in [0.25, 0.3) is 0 Å². The van der Waals surface area contributed by atoms with E-state index in [1.807, 2.05) is 36.4 Å². The lowest BCUT2D eigenvalue weighted by Crippen LogP contribution is -2.13. The fraction of sp³-hybridized carbons (Fsp3) is 0.312. The van der Waals surface area contributed by atoms with E-state index in [4.69, 9.17) is 9.15 Å². The second-order valence-electron chi connectivity index (χ2n) is 4.54. The number of carbonyl (C=O) groups excluding carboxylic acids is 1. The summed E-state index contributed by atoms with van der Waals surface area (Å²) in [7, 11) is 0. The minimum absolute atomic E-state index is 0.129. The van der Waals surface area contributed by atoms with E-state index >= 15 is 0 Å². The number of benzene rings is 1. The molecule has 5 heteroatoms. The molecule has 1 atom stereocenters. The van der Waals surface area contributed by atoms with Gasteiger partial charge in [-0.15, -0.1) is 0 Å². The van der Waals surface area contributed by atoms with Crippen LogP contribution >= 0.6 is 0 Å². The molecular weight excluding hydrogens is 268 g/mol. The van der Waals surface area contributed by atoms with E-state index in [9.17, 15) is 4.79 Å². The zero-order chi connectivity index (χ0) is 15.1. The van der Waals surface area contributed by atoms with E-state index in [2.05, 4.69) is 17.6 Å². The normalized spacial score (nSPS) is 11.7. The molecule has 0 aliphatic carbocycles. The number of ether oxygens (including phenoxy) is 1. The lowest BCUT2D eigenvalue weighted by atomic mass is 10.1. The lowest BCUT2D eigenvalue weighted by molar-refractivity contribution is 0.168. The zero-order valence-electron chi connectivity index (χ0n) is 12.3. The summed E-state index contributed by atoms with van der Waals surface area (Å²) in [5.74, 6) is 0.909. The summed E-state index contributed by atoms with van der Waals surface area (Å²) < 4.78 is 10.3. The van der Waals surface area contributed by atoms with Crippen LogP contribution in [0.1, 0.15) is 32.1 Å². The van der Waals surface area contributed by atoms with Crippen molar-refractivity contribution in [3.8, 4) is 0 Å². The van der Waals surface area contributed by atoms with Gasteiger partial charge >= 0.3 is 6.09 Å². The molecule has 0 saturated heterocycles. The minimum Gasteiger partial charge on any atom is -0.467 e. The summed E-state index contributed by atoms with van der Waals surface area (Å²) in [4.78, 5) is 11.3. The molecule has 1 unspecified atom stereocenters. The van der Waals surface area contributed by atoms with Gasteiger partial charge in [0.1, 0.15) is 5.76 Å². The van der Waals surface area contributed by atoms with Crippen molar-refractivity contribution in [2.75, 3.05) is 17.2 Å². The maximum atomic E-state index is 11.3. The maximum absolute atomic E-state index is 11.3. The average Bonchev–Trinajstić information content (AvgIpc) is 3.01. The molecule has 21 heavy (non-hydrogen) atoms. The Morgan fingerprint density at radius 3 is 2.48 bits per heavy atom. The number of furan rings is 1. The van der Waals surface area contributed by atoms with Gasteiger partial charge in [-0.3, -0.25) is 5.32 Å². The molecule has 0 spiro atoms. The fourth-order valence-electron chi connectivity index (χ4n) is 2.00. The Balaban J connectivity index is 1.97. The van der Waals surface area contributed by atoms with Gasteiger partial charge in [-0.25, -0.2) is 4.79 Å². The first-order valence-electron chi connectivity index (χ1n) is 7.06. The van der Waals surface area contributed by atoms with Crippen LogP contribution < -0.4 is 10.6 Å². The Morgan fingerprint density at radius 2 is 1.90 bits per heavy atom. The molecule has 0 fully saturated rings. The molecule has 1 amide bonds. The summed E-state index contributed by atoms with van der Waals surface area (Å²) >= 11 is 0. The Bertz CT molecular complexity index is 549. The fourth-order valence-corrected chi connectivity index (χ4v) is 2.00. The van der Waals surface area contributed by atoms with Gasteiger partial charge in [0.15, 0.2) is 0 Å². The van der Waals surface area contributed by atoms with Crippen LogP contribution in [0.15, 0.2) is 47.1 Å². The van der Waals surface area contributed by atoms with Crippen molar-refractivity contribution in [1.82, 2.24) is 0 Å². The number of carbonyl (C=O) groups is 1. The molecule has 2 rings (SSSR count). The van der Waals surface area contributed by atoms with E-state index in [-0.39, 0.29) is 6.04 Å². The van der Waals surface area contributed by atoms with Crippen molar-refractivity contribution in [3.05, 3.63) is 48.4 Å². The third-order valence-corrected chi connectivity index (χ3v) is 3.04. The molecule has 2 N–H and O–H groups in total. The van der Waals surface area contributed by atoms with Gasteiger partial charge in [-0.05, 0) is 49.7 Å². The Morgan fingerprint density at radius 1 is 1.19 bits per heavy atom. The summed E-state index contributed by atoms with van der Waals surface area (Å²) in [6, 6.07) is 11.4. The molecule has 5 nitrogen and oxygen atoms in total. The zero-order valence-corrected chi connectivity index (χ0v) is 12.3. The van der Waals surface area contributed by atoms with Gasteiger partial charge < -0.3 is 14.5 Å². The first-order chi connectivity index (χ1) is 10.2. The Labute approximate surface area is 124 Å². The van der Waals surface area contributed by atoms with Crippen LogP contribution in [0.5, 0.6) is 0 Å². The number of amides is 1. The highest BCUT2D eigenvalue weighted by atomic mass is 16.5. The van der Waals surface area contributed by atoms with E-state index in [0.29, 0.717) is 12.3 Å². The lowest BCUT2D eigenvalue weighted by Gasteiger charge is -2.16. The monoisotopic (exact) mass is 288 g/mol. The summed E-state index contributed by atoms with van der Waals surface area (Å²) in [5, 5.41) is 6.06. The summed E-state index contributed by atoms with van der Waals surface area (Å²) in [6.45, 7) is 4.22. The van der Waals surface area contributed by atoms with Crippen LogP contribution in [0.4, 0.5) is 16.2 Å². The first-order valence-corrected chi connectivity index (χ1v) is 7.06. The third kappa shape index (κ3) is 4.27. The highest BCUT2D eigenvalue weighted by Crippen LogP contribution is 2.23. The molecule has 0 bridgehead atoms. The molecule has 0 aliphatic rings. The molecule has 2 aromatic rings. The van der Waals surface area contributed by atoms with Crippen LogP contribution in [0.3, 0.4) is 0 Å². The van der Waals surface area contributed by atoms with Crippen LogP contribution in [0.25, 0.3) is 0 Å². The van der Waals surface area contributed by atoms with Crippen molar-refractivity contribution < 1.29 is 13.9 Å². The molecule has 0 aliphatic heterocycles. The van der Waals surface area contributed by atoms with Crippen molar-refractivity contribution in [3.63, 3.8) is 0 Å². The smallest absolute Gasteiger partial charge is 0.411 e. The van der Waals surface area contributed by atoms with Crippen LogP contribution in [0, 0.1) is 0 Å². The molecule has 0 saturated carbocycles. The van der Waals surface area contributed by atoms with Crippen molar-refractivity contribution >= 4 is 17.5 Å². The van der Waals surface area contributed by atoms with Crippen molar-refractivity contribution in [1.29, 1.82) is 0 Å². The van der Waals surface area contributed by atoms with Crippen molar-refractivity contribution in [2.24, 2.45) is 0 Å². The van der Waals surface area contributed by atoms with E-state index < -0.39 is 6.09 Å². The van der Waals surface area contributed by atoms with Gasteiger partial charge in [0, 0.05) is 11.4 Å². The number of nitrogens with one attached hydrogen (secondary N) is 2. The van der Waals surface area contributed by atoms with Crippen LogP contribution in [-0.4, -0.2) is 12.7 Å². The first kappa shape index (κ1) is 15.0. The number of anilines is 2. The average molecular weight is 288 g/mol. The highest BCUT2D eigenvalue weighted by Gasteiger charge is 2.11. The van der Waals surface area contributed by atoms with Gasteiger partial charge in [0.2, 0.25) is 0 Å².